The molecule has 0 spiro atoms. The summed E-state index contributed by atoms with van der Waals surface area (Å²) in [5.74, 6) is 1.85. The van der Waals surface area contributed by atoms with E-state index in [9.17, 15) is 15.0 Å². The van der Waals surface area contributed by atoms with E-state index in [2.05, 4.69) is 9.88 Å². The highest BCUT2D eigenvalue weighted by Crippen LogP contribution is 2.47. The summed E-state index contributed by atoms with van der Waals surface area (Å²) in [5.41, 5.74) is 1.40. The second-order valence-corrected chi connectivity index (χ2v) is 10.1. The number of methoxy groups -OCH3 is 1. The number of aromatic nitrogens is 1. The first-order chi connectivity index (χ1) is 16.7. The van der Waals surface area contributed by atoms with Crippen LogP contribution in [0.3, 0.4) is 0 Å². The Kier molecular flexibility index (Phi) is 7.24. The van der Waals surface area contributed by atoms with Crippen molar-refractivity contribution in [1.29, 1.82) is 0 Å². The van der Waals surface area contributed by atoms with Crippen molar-refractivity contribution < 1.29 is 24.5 Å². The summed E-state index contributed by atoms with van der Waals surface area (Å²) in [6.45, 7) is 9.81. The molecule has 3 heterocycles. The number of pyridine rings is 1. The van der Waals surface area contributed by atoms with Gasteiger partial charge in [0, 0.05) is 30.1 Å². The summed E-state index contributed by atoms with van der Waals surface area (Å²) in [5, 5.41) is 20.8. The van der Waals surface area contributed by atoms with Gasteiger partial charge in [-0.25, -0.2) is 4.98 Å². The molecule has 1 aromatic carbocycles. The fourth-order valence-electron chi connectivity index (χ4n) is 5.06. The SMILES string of the molecule is CC[C@H](O)C(=O)N1C[C@@H](c2ccc(OC)c(OC3CN(c4cccc(C)n4)C3)c2)[C@](C)([C@@H](C)O)C1. The molecular formula is C27H37N3O5. The predicted molar refractivity (Wildman–Crippen MR) is 134 cm³/mol. The van der Waals surface area contributed by atoms with Crippen LogP contribution in [-0.4, -0.2) is 77.6 Å². The molecule has 2 saturated heterocycles. The van der Waals surface area contributed by atoms with Crippen molar-refractivity contribution >= 4 is 11.7 Å². The molecule has 4 rings (SSSR count). The van der Waals surface area contributed by atoms with E-state index >= 15 is 0 Å². The first-order valence-electron chi connectivity index (χ1n) is 12.3. The highest BCUT2D eigenvalue weighted by atomic mass is 16.5. The average Bonchev–Trinajstić information content (AvgIpc) is 3.18. The molecule has 0 saturated carbocycles. The Morgan fingerprint density at radius 1 is 1.20 bits per heavy atom. The van der Waals surface area contributed by atoms with Crippen LogP contribution in [0.2, 0.25) is 0 Å². The van der Waals surface area contributed by atoms with E-state index in [-0.39, 0.29) is 17.9 Å². The molecule has 1 amide bonds. The standard InChI is InChI=1S/C27H37N3O5/c1-6-22(32)26(33)30-15-21(27(4,16-30)18(3)31)19-10-11-23(34-5)24(12-19)35-20-13-29(14-20)25-9-7-8-17(2)28-25/h7-12,18,20-22,31-32H,6,13-16H2,1-5H3/t18-,21+,22+,27+/m1/s1. The minimum Gasteiger partial charge on any atom is -0.493 e. The highest BCUT2D eigenvalue weighted by molar-refractivity contribution is 5.81. The van der Waals surface area contributed by atoms with Crippen molar-refractivity contribution in [2.75, 3.05) is 38.2 Å². The Labute approximate surface area is 207 Å². The lowest BCUT2D eigenvalue weighted by Crippen LogP contribution is -2.54. The topological polar surface area (TPSA) is 95.4 Å². The van der Waals surface area contributed by atoms with E-state index < -0.39 is 17.6 Å². The molecule has 0 aliphatic carbocycles. The number of benzene rings is 1. The van der Waals surface area contributed by atoms with E-state index in [1.807, 2.05) is 50.2 Å². The number of amides is 1. The summed E-state index contributed by atoms with van der Waals surface area (Å²) in [7, 11) is 1.62. The van der Waals surface area contributed by atoms with Gasteiger partial charge in [-0.3, -0.25) is 4.79 Å². The lowest BCUT2D eigenvalue weighted by Gasteiger charge is -2.40. The maximum absolute atomic E-state index is 12.7. The fraction of sp³-hybridized carbons (Fsp3) is 0.556. The van der Waals surface area contributed by atoms with Crippen molar-refractivity contribution in [3.8, 4) is 11.5 Å². The fourth-order valence-corrected chi connectivity index (χ4v) is 5.06. The Bertz CT molecular complexity index is 1050. The van der Waals surface area contributed by atoms with E-state index in [1.54, 1.807) is 25.9 Å². The van der Waals surface area contributed by atoms with Gasteiger partial charge in [0.2, 0.25) is 0 Å². The molecule has 4 atom stereocenters. The van der Waals surface area contributed by atoms with Crippen LogP contribution < -0.4 is 14.4 Å². The van der Waals surface area contributed by atoms with Crippen LogP contribution in [0, 0.1) is 12.3 Å². The van der Waals surface area contributed by atoms with Gasteiger partial charge < -0.3 is 29.5 Å². The number of hydrogen-bond acceptors (Lipinski definition) is 7. The van der Waals surface area contributed by atoms with Crippen LogP contribution in [0.1, 0.15) is 44.4 Å². The van der Waals surface area contributed by atoms with Crippen LogP contribution in [-0.2, 0) is 4.79 Å². The first-order valence-corrected chi connectivity index (χ1v) is 12.3. The van der Waals surface area contributed by atoms with Crippen molar-refractivity contribution in [2.45, 2.75) is 58.3 Å². The number of likely N-dealkylation sites (tertiary alicyclic amines) is 1. The molecule has 0 unspecified atom stereocenters. The first kappa shape index (κ1) is 25.3. The number of aliphatic hydroxyl groups is 2. The molecule has 2 aliphatic rings. The van der Waals surface area contributed by atoms with Gasteiger partial charge in [0.05, 0.1) is 26.3 Å². The molecule has 2 N–H and O–H groups in total. The number of carbonyl (C=O) groups excluding carboxylic acids is 1. The van der Waals surface area contributed by atoms with Gasteiger partial charge in [-0.1, -0.05) is 26.0 Å². The van der Waals surface area contributed by atoms with Gasteiger partial charge in [-0.2, -0.15) is 0 Å². The molecule has 1 aromatic heterocycles. The second kappa shape index (κ2) is 10.0. The van der Waals surface area contributed by atoms with Gasteiger partial charge in [-0.05, 0) is 50.1 Å². The molecular weight excluding hydrogens is 446 g/mol. The third-order valence-corrected chi connectivity index (χ3v) is 7.60. The molecule has 8 nitrogen and oxygen atoms in total. The quantitative estimate of drug-likeness (QED) is 0.596. The zero-order chi connectivity index (χ0) is 25.3. The number of aliphatic hydroxyl groups excluding tert-OH is 2. The monoisotopic (exact) mass is 483 g/mol. The van der Waals surface area contributed by atoms with Crippen LogP contribution in [0.15, 0.2) is 36.4 Å². The Hall–Kier alpha value is -2.84. The number of hydrogen-bond donors (Lipinski definition) is 2. The van der Waals surface area contributed by atoms with Crippen LogP contribution in [0.5, 0.6) is 11.5 Å². The smallest absolute Gasteiger partial charge is 0.251 e. The Balaban J connectivity index is 1.53. The molecule has 0 radical (unpaired) electrons. The number of carbonyl (C=O) groups is 1. The molecule has 2 fully saturated rings. The minimum atomic E-state index is -1.02. The second-order valence-electron chi connectivity index (χ2n) is 10.1. The Morgan fingerprint density at radius 2 is 1.94 bits per heavy atom. The van der Waals surface area contributed by atoms with Crippen molar-refractivity contribution in [3.63, 3.8) is 0 Å². The number of rotatable bonds is 8. The molecule has 8 heteroatoms. The van der Waals surface area contributed by atoms with Crippen LogP contribution >= 0.6 is 0 Å². The maximum atomic E-state index is 12.7. The average molecular weight is 484 g/mol. The van der Waals surface area contributed by atoms with Gasteiger partial charge in [0.1, 0.15) is 18.0 Å². The minimum absolute atomic E-state index is 0.00552. The van der Waals surface area contributed by atoms with E-state index in [1.165, 1.54) is 0 Å². The van der Waals surface area contributed by atoms with Gasteiger partial charge >= 0.3 is 0 Å². The number of aryl methyl sites for hydroxylation is 1. The van der Waals surface area contributed by atoms with Gasteiger partial charge in [0.15, 0.2) is 11.5 Å². The normalized spacial score (nSPS) is 24.1. The van der Waals surface area contributed by atoms with Gasteiger partial charge in [0.25, 0.3) is 5.91 Å². The molecule has 2 aromatic rings. The predicted octanol–water partition coefficient (Wildman–Crippen LogP) is 2.75. The van der Waals surface area contributed by atoms with Gasteiger partial charge in [-0.15, -0.1) is 0 Å². The van der Waals surface area contributed by atoms with Crippen LogP contribution in [0.25, 0.3) is 0 Å². The van der Waals surface area contributed by atoms with E-state index in [0.717, 1.165) is 30.2 Å². The van der Waals surface area contributed by atoms with E-state index in [4.69, 9.17) is 9.47 Å². The zero-order valence-electron chi connectivity index (χ0n) is 21.3. The third kappa shape index (κ3) is 4.95. The third-order valence-electron chi connectivity index (χ3n) is 7.60. The summed E-state index contributed by atoms with van der Waals surface area (Å²) in [6, 6.07) is 11.8. The molecule has 0 bridgehead atoms. The lowest BCUT2D eigenvalue weighted by molar-refractivity contribution is -0.139. The number of anilines is 1. The van der Waals surface area contributed by atoms with Crippen molar-refractivity contribution in [3.05, 3.63) is 47.7 Å². The zero-order valence-corrected chi connectivity index (χ0v) is 21.3. The summed E-state index contributed by atoms with van der Waals surface area (Å²) >= 11 is 0. The lowest BCUT2D eigenvalue weighted by atomic mass is 9.72. The summed E-state index contributed by atoms with van der Waals surface area (Å²) in [4.78, 5) is 21.2. The number of ether oxygens (including phenoxy) is 2. The van der Waals surface area contributed by atoms with Crippen molar-refractivity contribution in [2.24, 2.45) is 5.41 Å². The highest BCUT2D eigenvalue weighted by Gasteiger charge is 2.49. The molecule has 2 aliphatic heterocycles. The Morgan fingerprint density at radius 3 is 2.57 bits per heavy atom. The number of nitrogens with zero attached hydrogens (tertiary/aromatic N) is 3. The van der Waals surface area contributed by atoms with Crippen molar-refractivity contribution in [1.82, 2.24) is 9.88 Å². The van der Waals surface area contributed by atoms with Crippen LogP contribution in [0.4, 0.5) is 5.82 Å². The largest absolute Gasteiger partial charge is 0.493 e. The molecule has 35 heavy (non-hydrogen) atoms. The summed E-state index contributed by atoms with van der Waals surface area (Å²) in [6.07, 6.45) is -1.29. The molecule has 190 valence electrons. The van der Waals surface area contributed by atoms with E-state index in [0.29, 0.717) is 31.0 Å². The summed E-state index contributed by atoms with van der Waals surface area (Å²) < 4.78 is 11.9. The maximum Gasteiger partial charge on any atom is 0.251 e.